The van der Waals surface area contributed by atoms with Crippen molar-refractivity contribution in [3.63, 3.8) is 0 Å². The Morgan fingerprint density at radius 3 is 2.00 bits per heavy atom. The van der Waals surface area contributed by atoms with E-state index in [0.29, 0.717) is 13.1 Å². The number of benzene rings is 2. The standard InChI is InChI=1S/C20H19Br2N3O/c1-12-7-13(2)25(23-12)11-16(26)10-24-19-5-3-14(21)8-17(19)18-9-15(22)4-6-20(18)24/h3-9,16,26H,10-11H2,1-2H3/t16-/m0/s1. The molecule has 4 nitrogen and oxygen atoms in total. The first kappa shape index (κ1) is 17.8. The lowest BCUT2D eigenvalue weighted by Gasteiger charge is -2.15. The molecule has 2 heterocycles. The molecule has 6 heteroatoms. The zero-order valence-corrected chi connectivity index (χ0v) is 17.7. The van der Waals surface area contributed by atoms with Gasteiger partial charge in [0.15, 0.2) is 0 Å². The summed E-state index contributed by atoms with van der Waals surface area (Å²) in [4.78, 5) is 0. The summed E-state index contributed by atoms with van der Waals surface area (Å²) >= 11 is 7.14. The van der Waals surface area contributed by atoms with Crippen molar-refractivity contribution in [2.75, 3.05) is 0 Å². The molecule has 0 saturated heterocycles. The number of aliphatic hydroxyl groups excluding tert-OH is 1. The number of fused-ring (bicyclic) bond motifs is 3. The second kappa shape index (κ2) is 6.83. The van der Waals surface area contributed by atoms with Gasteiger partial charge in [0.2, 0.25) is 0 Å². The van der Waals surface area contributed by atoms with E-state index >= 15 is 0 Å². The molecule has 2 aromatic carbocycles. The maximum Gasteiger partial charge on any atom is 0.0914 e. The second-order valence-corrected chi connectivity index (χ2v) is 8.53. The van der Waals surface area contributed by atoms with Gasteiger partial charge >= 0.3 is 0 Å². The Bertz CT molecular complexity index is 1050. The number of nitrogens with zero attached hydrogens (tertiary/aromatic N) is 3. The molecule has 0 fully saturated rings. The Kier molecular flexibility index (Phi) is 4.67. The summed E-state index contributed by atoms with van der Waals surface area (Å²) in [5.74, 6) is 0. The van der Waals surface area contributed by atoms with Gasteiger partial charge in [0, 0.05) is 36.4 Å². The van der Waals surface area contributed by atoms with Crippen molar-refractivity contribution in [2.24, 2.45) is 0 Å². The molecule has 134 valence electrons. The first-order valence-corrected chi connectivity index (χ1v) is 10.1. The third-order valence-corrected chi connectivity index (χ3v) is 5.66. The van der Waals surface area contributed by atoms with Crippen LogP contribution < -0.4 is 0 Å². The normalized spacial score (nSPS) is 13.0. The third kappa shape index (κ3) is 3.21. The van der Waals surface area contributed by atoms with E-state index in [4.69, 9.17) is 0 Å². The summed E-state index contributed by atoms with van der Waals surface area (Å²) in [6.45, 7) is 4.98. The van der Waals surface area contributed by atoms with E-state index in [1.807, 2.05) is 36.7 Å². The predicted octanol–water partition coefficient (Wildman–Crippen LogP) is 5.19. The van der Waals surface area contributed by atoms with Crippen LogP contribution in [-0.2, 0) is 13.1 Å². The molecule has 0 aliphatic rings. The van der Waals surface area contributed by atoms with Crippen LogP contribution in [0.5, 0.6) is 0 Å². The van der Waals surface area contributed by atoms with Crippen molar-refractivity contribution >= 4 is 53.7 Å². The molecule has 0 radical (unpaired) electrons. The topological polar surface area (TPSA) is 43.0 Å². The summed E-state index contributed by atoms with van der Waals surface area (Å²) in [7, 11) is 0. The first-order valence-electron chi connectivity index (χ1n) is 8.48. The van der Waals surface area contributed by atoms with Crippen molar-refractivity contribution in [3.8, 4) is 0 Å². The van der Waals surface area contributed by atoms with Gasteiger partial charge in [-0.05, 0) is 56.3 Å². The minimum absolute atomic E-state index is 0.480. The van der Waals surface area contributed by atoms with E-state index in [2.05, 4.69) is 65.8 Å². The maximum absolute atomic E-state index is 10.7. The largest absolute Gasteiger partial charge is 0.389 e. The summed E-state index contributed by atoms with van der Waals surface area (Å²) in [5, 5.41) is 17.5. The average molecular weight is 477 g/mol. The van der Waals surface area contributed by atoms with Gasteiger partial charge in [-0.1, -0.05) is 31.9 Å². The van der Waals surface area contributed by atoms with Gasteiger partial charge in [0.25, 0.3) is 0 Å². The second-order valence-electron chi connectivity index (χ2n) is 6.70. The van der Waals surface area contributed by atoms with Gasteiger partial charge in [0.05, 0.1) is 24.9 Å². The van der Waals surface area contributed by atoms with Gasteiger partial charge in [-0.2, -0.15) is 5.10 Å². The zero-order valence-electron chi connectivity index (χ0n) is 14.6. The molecule has 1 atom stereocenters. The van der Waals surface area contributed by atoms with E-state index in [-0.39, 0.29) is 0 Å². The molecule has 0 aliphatic heterocycles. The van der Waals surface area contributed by atoms with E-state index in [0.717, 1.165) is 31.4 Å². The highest BCUT2D eigenvalue weighted by Gasteiger charge is 2.16. The van der Waals surface area contributed by atoms with Gasteiger partial charge in [-0.3, -0.25) is 4.68 Å². The molecule has 0 unspecified atom stereocenters. The third-order valence-electron chi connectivity index (χ3n) is 4.67. The molecular weight excluding hydrogens is 458 g/mol. The summed E-state index contributed by atoms with van der Waals surface area (Å²) in [5.41, 5.74) is 4.28. The number of aryl methyl sites for hydroxylation is 2. The number of halogens is 2. The van der Waals surface area contributed by atoms with Crippen molar-refractivity contribution in [1.82, 2.24) is 14.3 Å². The fraction of sp³-hybridized carbons (Fsp3) is 0.250. The Labute approximate surface area is 168 Å². The van der Waals surface area contributed by atoms with Crippen LogP contribution in [0.25, 0.3) is 21.8 Å². The fourth-order valence-corrected chi connectivity index (χ4v) is 4.30. The van der Waals surface area contributed by atoms with Crippen molar-refractivity contribution in [1.29, 1.82) is 0 Å². The van der Waals surface area contributed by atoms with E-state index in [1.54, 1.807) is 0 Å². The van der Waals surface area contributed by atoms with Crippen LogP contribution in [0.2, 0.25) is 0 Å². The van der Waals surface area contributed by atoms with E-state index in [9.17, 15) is 5.11 Å². The highest BCUT2D eigenvalue weighted by Crippen LogP contribution is 2.33. The van der Waals surface area contributed by atoms with Gasteiger partial charge in [-0.25, -0.2) is 0 Å². The van der Waals surface area contributed by atoms with Crippen LogP contribution in [-0.4, -0.2) is 25.6 Å². The van der Waals surface area contributed by atoms with Crippen LogP contribution in [0.15, 0.2) is 51.4 Å². The Morgan fingerprint density at radius 2 is 1.50 bits per heavy atom. The molecule has 26 heavy (non-hydrogen) atoms. The van der Waals surface area contributed by atoms with Crippen molar-refractivity contribution < 1.29 is 5.11 Å². The monoisotopic (exact) mass is 475 g/mol. The molecule has 0 bridgehead atoms. The molecule has 2 aromatic heterocycles. The summed E-state index contributed by atoms with van der Waals surface area (Å²) in [6, 6.07) is 14.6. The first-order chi connectivity index (χ1) is 12.4. The van der Waals surface area contributed by atoms with Crippen molar-refractivity contribution in [3.05, 3.63) is 62.8 Å². The van der Waals surface area contributed by atoms with E-state index < -0.39 is 6.10 Å². The number of aliphatic hydroxyl groups is 1. The van der Waals surface area contributed by atoms with Crippen LogP contribution in [0.4, 0.5) is 0 Å². The minimum atomic E-state index is -0.529. The lowest BCUT2D eigenvalue weighted by Crippen LogP contribution is -2.23. The summed E-state index contributed by atoms with van der Waals surface area (Å²) in [6.07, 6.45) is -0.529. The SMILES string of the molecule is Cc1cc(C)n(C[C@@H](O)Cn2c3ccc(Br)cc3c3cc(Br)ccc32)n1. The smallest absolute Gasteiger partial charge is 0.0914 e. The number of hydrogen-bond donors (Lipinski definition) is 1. The summed E-state index contributed by atoms with van der Waals surface area (Å²) < 4.78 is 6.17. The minimum Gasteiger partial charge on any atom is -0.389 e. The van der Waals surface area contributed by atoms with Crippen LogP contribution in [0.3, 0.4) is 0 Å². The molecule has 0 spiro atoms. The van der Waals surface area contributed by atoms with Gasteiger partial charge in [-0.15, -0.1) is 0 Å². The molecule has 4 aromatic rings. The van der Waals surface area contributed by atoms with Gasteiger partial charge in [0.1, 0.15) is 0 Å². The Hall–Kier alpha value is -1.63. The van der Waals surface area contributed by atoms with Crippen LogP contribution >= 0.6 is 31.9 Å². The zero-order chi connectivity index (χ0) is 18.4. The quantitative estimate of drug-likeness (QED) is 0.440. The van der Waals surface area contributed by atoms with Crippen molar-refractivity contribution in [2.45, 2.75) is 33.0 Å². The van der Waals surface area contributed by atoms with Crippen LogP contribution in [0, 0.1) is 13.8 Å². The number of rotatable bonds is 4. The number of hydrogen-bond acceptors (Lipinski definition) is 2. The Morgan fingerprint density at radius 1 is 0.923 bits per heavy atom. The number of aromatic nitrogens is 3. The predicted molar refractivity (Wildman–Crippen MR) is 113 cm³/mol. The molecule has 4 rings (SSSR count). The average Bonchev–Trinajstić information content (AvgIpc) is 3.04. The fourth-order valence-electron chi connectivity index (χ4n) is 3.57. The molecule has 1 N–H and O–H groups in total. The van der Waals surface area contributed by atoms with Gasteiger partial charge < -0.3 is 9.67 Å². The Balaban J connectivity index is 1.76. The molecule has 0 saturated carbocycles. The molecular formula is C20H19Br2N3O. The lowest BCUT2D eigenvalue weighted by molar-refractivity contribution is 0.132. The molecule has 0 aliphatic carbocycles. The maximum atomic E-state index is 10.7. The lowest BCUT2D eigenvalue weighted by atomic mass is 10.2. The van der Waals surface area contributed by atoms with E-state index in [1.165, 1.54) is 10.8 Å². The van der Waals surface area contributed by atoms with Crippen LogP contribution in [0.1, 0.15) is 11.4 Å². The molecule has 0 amide bonds. The highest BCUT2D eigenvalue weighted by molar-refractivity contribution is 9.10. The highest BCUT2D eigenvalue weighted by atomic mass is 79.9.